The van der Waals surface area contributed by atoms with Crippen LogP contribution in [-0.4, -0.2) is 6.61 Å². The van der Waals surface area contributed by atoms with E-state index in [9.17, 15) is 18.3 Å². The second-order valence-corrected chi connectivity index (χ2v) is 3.01. The number of halogens is 3. The molecule has 1 rings (SSSR count). The third-order valence-electron chi connectivity index (χ3n) is 1.93. The highest BCUT2D eigenvalue weighted by atomic mass is 19.1. The first kappa shape index (κ1) is 11.0. The summed E-state index contributed by atoms with van der Waals surface area (Å²) in [6.45, 7) is -0.259. The van der Waals surface area contributed by atoms with Crippen molar-refractivity contribution in [3.05, 3.63) is 35.1 Å². The van der Waals surface area contributed by atoms with Gasteiger partial charge < -0.3 is 0 Å². The van der Waals surface area contributed by atoms with Crippen LogP contribution < -0.4 is 0 Å². The van der Waals surface area contributed by atoms with Crippen molar-refractivity contribution in [2.75, 3.05) is 6.61 Å². The topological polar surface area (TPSA) is 19.9 Å². The van der Waals surface area contributed by atoms with Crippen LogP contribution in [0.3, 0.4) is 0 Å². The average Bonchev–Trinajstić information content (AvgIpc) is 2.09. The van der Waals surface area contributed by atoms with Crippen LogP contribution in [0.2, 0.25) is 0 Å². The molecular weight excluding hydrogens is 193 g/mol. The van der Waals surface area contributed by atoms with Gasteiger partial charge in [0.2, 0.25) is 0 Å². The third-order valence-corrected chi connectivity index (χ3v) is 1.93. The number of hydrogen-bond donors (Lipinski definition) is 0. The summed E-state index contributed by atoms with van der Waals surface area (Å²) in [5, 5.41) is 10.1. The molecule has 0 saturated heterocycles. The zero-order valence-corrected chi connectivity index (χ0v) is 7.53. The lowest BCUT2D eigenvalue weighted by Gasteiger charge is -2.03. The first-order valence-corrected chi connectivity index (χ1v) is 4.36. The lowest BCUT2D eigenvalue weighted by atomic mass is 10.1. The molecule has 0 fully saturated rings. The first-order valence-electron chi connectivity index (χ1n) is 4.36. The Hall–Kier alpha value is -1.03. The minimum absolute atomic E-state index is 0.139. The molecular formula is C10H10F3O. The summed E-state index contributed by atoms with van der Waals surface area (Å²) in [7, 11) is 0. The maximum absolute atomic E-state index is 13.0. The molecule has 1 aromatic rings. The standard InChI is InChI=1S/C10H10F3O/c11-7-5-9(12)8(10(13)6-7)3-1-2-4-14/h5-6H,1-4H2. The van der Waals surface area contributed by atoms with Gasteiger partial charge in [-0.2, -0.15) is 0 Å². The summed E-state index contributed by atoms with van der Waals surface area (Å²) in [4.78, 5) is 0. The van der Waals surface area contributed by atoms with Gasteiger partial charge in [-0.25, -0.2) is 18.3 Å². The molecule has 77 valence electrons. The fourth-order valence-corrected chi connectivity index (χ4v) is 1.21. The summed E-state index contributed by atoms with van der Waals surface area (Å²) in [6.07, 6.45) is 0.930. The predicted molar refractivity (Wildman–Crippen MR) is 44.8 cm³/mol. The van der Waals surface area contributed by atoms with Gasteiger partial charge in [-0.1, -0.05) is 0 Å². The summed E-state index contributed by atoms with van der Waals surface area (Å²) < 4.78 is 38.4. The van der Waals surface area contributed by atoms with Gasteiger partial charge in [-0.3, -0.25) is 0 Å². The van der Waals surface area contributed by atoms with E-state index in [1.54, 1.807) is 0 Å². The minimum atomic E-state index is -0.924. The average molecular weight is 203 g/mol. The van der Waals surface area contributed by atoms with Crippen LogP contribution in [0.15, 0.2) is 12.1 Å². The van der Waals surface area contributed by atoms with Crippen molar-refractivity contribution in [2.24, 2.45) is 0 Å². The van der Waals surface area contributed by atoms with Gasteiger partial charge in [0.1, 0.15) is 17.5 Å². The molecule has 0 aliphatic carbocycles. The molecule has 0 atom stereocenters. The number of rotatable bonds is 4. The molecule has 1 radical (unpaired) electrons. The Bertz CT molecular complexity index is 289. The quantitative estimate of drug-likeness (QED) is 0.670. The smallest absolute Gasteiger partial charge is 0.132 e. The highest BCUT2D eigenvalue weighted by Gasteiger charge is 2.10. The van der Waals surface area contributed by atoms with Crippen LogP contribution in [0.5, 0.6) is 0 Å². The molecule has 4 heteroatoms. The van der Waals surface area contributed by atoms with Crippen LogP contribution in [0.25, 0.3) is 0 Å². The Morgan fingerprint density at radius 3 is 2.07 bits per heavy atom. The molecule has 14 heavy (non-hydrogen) atoms. The number of unbranched alkanes of at least 4 members (excludes halogenated alkanes) is 1. The van der Waals surface area contributed by atoms with E-state index in [4.69, 9.17) is 0 Å². The molecule has 0 amide bonds. The third kappa shape index (κ3) is 2.73. The molecule has 0 aliphatic heterocycles. The van der Waals surface area contributed by atoms with Crippen molar-refractivity contribution in [2.45, 2.75) is 19.3 Å². The zero-order valence-electron chi connectivity index (χ0n) is 7.53. The molecule has 0 aromatic heterocycles. The summed E-state index contributed by atoms with van der Waals surface area (Å²) in [5.41, 5.74) is -0.139. The molecule has 0 heterocycles. The second-order valence-electron chi connectivity index (χ2n) is 3.01. The lowest BCUT2D eigenvalue weighted by molar-refractivity contribution is 0.186. The zero-order chi connectivity index (χ0) is 10.6. The maximum atomic E-state index is 13.0. The van der Waals surface area contributed by atoms with Crippen LogP contribution in [0.4, 0.5) is 13.2 Å². The monoisotopic (exact) mass is 203 g/mol. The van der Waals surface area contributed by atoms with E-state index in [0.717, 1.165) is 0 Å². The van der Waals surface area contributed by atoms with Crippen molar-refractivity contribution in [3.63, 3.8) is 0 Å². The minimum Gasteiger partial charge on any atom is -0.237 e. The number of hydrogen-bond acceptors (Lipinski definition) is 0. The fourth-order valence-electron chi connectivity index (χ4n) is 1.21. The van der Waals surface area contributed by atoms with Gasteiger partial charge in [0.15, 0.2) is 0 Å². The molecule has 0 unspecified atom stereocenters. The van der Waals surface area contributed by atoms with Crippen molar-refractivity contribution in [1.82, 2.24) is 0 Å². The van der Waals surface area contributed by atoms with E-state index in [1.165, 1.54) is 0 Å². The highest BCUT2D eigenvalue weighted by Crippen LogP contribution is 2.16. The van der Waals surface area contributed by atoms with Crippen LogP contribution in [0.1, 0.15) is 18.4 Å². The molecule has 0 saturated carbocycles. The van der Waals surface area contributed by atoms with Crippen LogP contribution in [-0.2, 0) is 11.5 Å². The molecule has 0 aliphatic rings. The number of benzene rings is 1. The van der Waals surface area contributed by atoms with Gasteiger partial charge in [-0.15, -0.1) is 0 Å². The van der Waals surface area contributed by atoms with E-state index in [-0.39, 0.29) is 18.6 Å². The Balaban J connectivity index is 2.75. The van der Waals surface area contributed by atoms with E-state index in [1.807, 2.05) is 0 Å². The van der Waals surface area contributed by atoms with Gasteiger partial charge in [0.25, 0.3) is 0 Å². The molecule has 0 spiro atoms. The maximum Gasteiger partial charge on any atom is 0.132 e. The Labute approximate surface area is 80.2 Å². The van der Waals surface area contributed by atoms with Crippen molar-refractivity contribution >= 4 is 0 Å². The van der Waals surface area contributed by atoms with E-state index >= 15 is 0 Å². The molecule has 0 bridgehead atoms. The SMILES string of the molecule is [O]CCCCc1c(F)cc(F)cc1F. The largest absolute Gasteiger partial charge is 0.237 e. The fraction of sp³-hybridized carbons (Fsp3) is 0.400. The Morgan fingerprint density at radius 2 is 1.57 bits per heavy atom. The summed E-state index contributed by atoms with van der Waals surface area (Å²) >= 11 is 0. The molecule has 1 nitrogen and oxygen atoms in total. The van der Waals surface area contributed by atoms with E-state index < -0.39 is 17.5 Å². The van der Waals surface area contributed by atoms with Crippen molar-refractivity contribution < 1.29 is 18.3 Å². The highest BCUT2D eigenvalue weighted by molar-refractivity contribution is 5.20. The summed E-state index contributed by atoms with van der Waals surface area (Å²) in [6, 6.07) is 1.30. The Morgan fingerprint density at radius 1 is 1.00 bits per heavy atom. The van der Waals surface area contributed by atoms with Crippen molar-refractivity contribution in [1.29, 1.82) is 0 Å². The molecule has 1 aromatic carbocycles. The van der Waals surface area contributed by atoms with Crippen LogP contribution in [0, 0.1) is 17.5 Å². The second kappa shape index (κ2) is 5.00. The van der Waals surface area contributed by atoms with Gasteiger partial charge >= 0.3 is 0 Å². The van der Waals surface area contributed by atoms with Crippen molar-refractivity contribution in [3.8, 4) is 0 Å². The van der Waals surface area contributed by atoms with Gasteiger partial charge in [-0.05, 0) is 19.3 Å². The van der Waals surface area contributed by atoms with E-state index in [2.05, 4.69) is 0 Å². The predicted octanol–water partition coefficient (Wildman–Crippen LogP) is 2.86. The van der Waals surface area contributed by atoms with Gasteiger partial charge in [0.05, 0.1) is 6.61 Å². The lowest BCUT2D eigenvalue weighted by Crippen LogP contribution is -1.98. The summed E-state index contributed by atoms with van der Waals surface area (Å²) in [5.74, 6) is -2.69. The molecule has 0 N–H and O–H groups in total. The first-order chi connectivity index (χ1) is 6.65. The normalized spacial score (nSPS) is 10.6. The van der Waals surface area contributed by atoms with Crippen LogP contribution >= 0.6 is 0 Å². The Kier molecular flexibility index (Phi) is 3.95. The van der Waals surface area contributed by atoms with E-state index in [0.29, 0.717) is 25.0 Å². The van der Waals surface area contributed by atoms with Gasteiger partial charge in [0, 0.05) is 17.7 Å².